The number of aliphatic hydroxyl groups is 2. The molecule has 184 valence electrons. The Bertz CT molecular complexity index is 1240. The SMILES string of the molecule is COC(=O)c1coc(C(CO)NC(=O)c2cccc(C(=O)NC(CO)c3nc(C(=O)O)co3)n2)n1. The molecule has 0 saturated heterocycles. The monoisotopic (exact) mass is 489 g/mol. The van der Waals surface area contributed by atoms with E-state index in [1.165, 1.54) is 18.2 Å². The fraction of sp³-hybridized carbons (Fsp3) is 0.250. The highest BCUT2D eigenvalue weighted by molar-refractivity contribution is 5.96. The summed E-state index contributed by atoms with van der Waals surface area (Å²) in [6.07, 6.45) is 1.86. The minimum absolute atomic E-state index is 0.160. The molecule has 3 rings (SSSR count). The number of aromatic carboxylic acids is 1. The molecule has 0 aliphatic carbocycles. The topological polar surface area (TPSA) is 227 Å². The Morgan fingerprint density at radius 1 is 0.857 bits per heavy atom. The van der Waals surface area contributed by atoms with E-state index in [-0.39, 0.29) is 28.9 Å². The maximum absolute atomic E-state index is 12.6. The molecule has 0 fully saturated rings. The van der Waals surface area contributed by atoms with Crippen LogP contribution in [0, 0.1) is 0 Å². The average molecular weight is 489 g/mol. The summed E-state index contributed by atoms with van der Waals surface area (Å²) in [5.74, 6) is -4.14. The van der Waals surface area contributed by atoms with Crippen molar-refractivity contribution in [3.8, 4) is 0 Å². The summed E-state index contributed by atoms with van der Waals surface area (Å²) in [6, 6.07) is 1.65. The standard InChI is InChI=1S/C20H19N5O10/c1-33-20(32)14-8-35-18(25-14)12(6-27)23-16(29)10-4-2-3-9(21-10)15(28)22-11(5-26)17-24-13(7-34-17)19(30)31/h2-4,7-8,11-12,26-27H,5-6H2,1H3,(H,22,28)(H,23,29)(H,30,31). The van der Waals surface area contributed by atoms with Gasteiger partial charge < -0.3 is 39.5 Å². The molecule has 5 N–H and O–H groups in total. The van der Waals surface area contributed by atoms with Crippen LogP contribution in [0.4, 0.5) is 0 Å². The van der Waals surface area contributed by atoms with Gasteiger partial charge in [-0.2, -0.15) is 0 Å². The second-order valence-corrected chi connectivity index (χ2v) is 6.76. The molecule has 0 spiro atoms. The number of nitrogens with one attached hydrogen (secondary N) is 2. The number of nitrogens with zero attached hydrogens (tertiary/aromatic N) is 3. The molecule has 15 nitrogen and oxygen atoms in total. The van der Waals surface area contributed by atoms with Crippen LogP contribution in [0.2, 0.25) is 0 Å². The van der Waals surface area contributed by atoms with E-state index in [4.69, 9.17) is 13.9 Å². The lowest BCUT2D eigenvalue weighted by Gasteiger charge is -2.14. The largest absolute Gasteiger partial charge is 0.476 e. The molecule has 0 saturated carbocycles. The van der Waals surface area contributed by atoms with Crippen molar-refractivity contribution in [1.29, 1.82) is 0 Å². The van der Waals surface area contributed by atoms with Gasteiger partial charge in [0.15, 0.2) is 11.4 Å². The van der Waals surface area contributed by atoms with E-state index < -0.39 is 54.7 Å². The summed E-state index contributed by atoms with van der Waals surface area (Å²) in [5.41, 5.74) is -0.994. The number of ether oxygens (including phenoxy) is 1. The van der Waals surface area contributed by atoms with Crippen molar-refractivity contribution < 1.29 is 48.1 Å². The number of methoxy groups -OCH3 is 1. The molecule has 0 aliphatic heterocycles. The van der Waals surface area contributed by atoms with Crippen molar-refractivity contribution in [2.45, 2.75) is 12.1 Å². The Balaban J connectivity index is 1.71. The first-order chi connectivity index (χ1) is 16.8. The van der Waals surface area contributed by atoms with Crippen molar-refractivity contribution >= 4 is 23.8 Å². The maximum atomic E-state index is 12.6. The molecule has 2 atom stereocenters. The smallest absolute Gasteiger partial charge is 0.360 e. The van der Waals surface area contributed by atoms with Gasteiger partial charge in [0.25, 0.3) is 11.8 Å². The molecule has 3 aromatic rings. The molecule has 3 heterocycles. The molecule has 35 heavy (non-hydrogen) atoms. The minimum Gasteiger partial charge on any atom is -0.476 e. The first kappa shape index (κ1) is 25.0. The van der Waals surface area contributed by atoms with Gasteiger partial charge in [-0.1, -0.05) is 6.07 Å². The van der Waals surface area contributed by atoms with Crippen LogP contribution < -0.4 is 10.6 Å². The van der Waals surface area contributed by atoms with Gasteiger partial charge >= 0.3 is 11.9 Å². The highest BCUT2D eigenvalue weighted by Crippen LogP contribution is 2.15. The zero-order valence-electron chi connectivity index (χ0n) is 18.0. The van der Waals surface area contributed by atoms with Crippen LogP contribution in [-0.4, -0.2) is 74.3 Å². The van der Waals surface area contributed by atoms with Crippen molar-refractivity contribution in [3.63, 3.8) is 0 Å². The number of rotatable bonds is 10. The maximum Gasteiger partial charge on any atom is 0.360 e. The average Bonchev–Trinajstić information content (AvgIpc) is 3.56. The number of carbonyl (C=O) groups is 4. The Kier molecular flexibility index (Phi) is 7.85. The minimum atomic E-state index is -1.35. The highest BCUT2D eigenvalue weighted by atomic mass is 16.5. The van der Waals surface area contributed by atoms with Gasteiger partial charge in [0, 0.05) is 0 Å². The van der Waals surface area contributed by atoms with Crippen LogP contribution in [0.15, 0.2) is 39.6 Å². The molecule has 0 radical (unpaired) electrons. The zero-order chi connectivity index (χ0) is 25.5. The third-order valence-electron chi connectivity index (χ3n) is 4.44. The van der Waals surface area contributed by atoms with Crippen molar-refractivity contribution in [2.24, 2.45) is 0 Å². The molecule has 0 aromatic carbocycles. The first-order valence-corrected chi connectivity index (χ1v) is 9.80. The number of hydrogen-bond acceptors (Lipinski definition) is 12. The Morgan fingerprint density at radius 3 is 1.77 bits per heavy atom. The molecule has 3 aromatic heterocycles. The van der Waals surface area contributed by atoms with Gasteiger partial charge in [0.2, 0.25) is 11.8 Å². The number of amides is 2. The predicted octanol–water partition coefficient (Wildman–Crippen LogP) is -0.531. The summed E-state index contributed by atoms with van der Waals surface area (Å²) < 4.78 is 14.6. The fourth-order valence-corrected chi connectivity index (χ4v) is 2.71. The number of carboxylic acids is 1. The number of carbonyl (C=O) groups excluding carboxylic acids is 3. The van der Waals surface area contributed by atoms with Gasteiger partial charge in [0.05, 0.1) is 20.3 Å². The van der Waals surface area contributed by atoms with E-state index in [1.54, 1.807) is 0 Å². The summed E-state index contributed by atoms with van der Waals surface area (Å²) >= 11 is 0. The summed E-state index contributed by atoms with van der Waals surface area (Å²) in [6.45, 7) is -1.28. The van der Waals surface area contributed by atoms with Gasteiger partial charge in [-0.3, -0.25) is 9.59 Å². The van der Waals surface area contributed by atoms with Crippen molar-refractivity contribution in [2.75, 3.05) is 20.3 Å². The van der Waals surface area contributed by atoms with Gasteiger partial charge in [-0.25, -0.2) is 24.5 Å². The quantitative estimate of drug-likeness (QED) is 0.226. The van der Waals surface area contributed by atoms with Crippen LogP contribution in [-0.2, 0) is 4.74 Å². The molecule has 2 amide bonds. The fourth-order valence-electron chi connectivity index (χ4n) is 2.71. The van der Waals surface area contributed by atoms with Crippen molar-refractivity contribution in [3.05, 3.63) is 65.3 Å². The molecular weight excluding hydrogens is 470 g/mol. The summed E-state index contributed by atoms with van der Waals surface area (Å²) in [7, 11) is 1.15. The third-order valence-corrected chi connectivity index (χ3v) is 4.44. The number of hydrogen-bond donors (Lipinski definition) is 5. The molecular formula is C20H19N5O10. The summed E-state index contributed by atoms with van der Waals surface area (Å²) in [4.78, 5) is 59.1. The van der Waals surface area contributed by atoms with E-state index in [9.17, 15) is 29.4 Å². The van der Waals surface area contributed by atoms with Crippen LogP contribution in [0.3, 0.4) is 0 Å². The van der Waals surface area contributed by atoms with Crippen LogP contribution in [0.5, 0.6) is 0 Å². The summed E-state index contributed by atoms with van der Waals surface area (Å²) in [5, 5.41) is 32.8. The van der Waals surface area contributed by atoms with E-state index in [1.807, 2.05) is 0 Å². The van der Waals surface area contributed by atoms with Crippen LogP contribution in [0.25, 0.3) is 0 Å². The Hall–Kier alpha value is -4.63. The predicted molar refractivity (Wildman–Crippen MR) is 110 cm³/mol. The van der Waals surface area contributed by atoms with Gasteiger partial charge in [0.1, 0.15) is 36.0 Å². The Labute approximate surface area is 195 Å². The van der Waals surface area contributed by atoms with Crippen molar-refractivity contribution in [1.82, 2.24) is 25.6 Å². The highest BCUT2D eigenvalue weighted by Gasteiger charge is 2.25. The normalized spacial score (nSPS) is 12.4. The molecule has 15 heteroatoms. The van der Waals surface area contributed by atoms with Crippen LogP contribution in [0.1, 0.15) is 65.8 Å². The van der Waals surface area contributed by atoms with Gasteiger partial charge in [-0.05, 0) is 12.1 Å². The number of esters is 1. The Morgan fingerprint density at radius 2 is 1.34 bits per heavy atom. The van der Waals surface area contributed by atoms with Crippen LogP contribution >= 0.6 is 0 Å². The second-order valence-electron chi connectivity index (χ2n) is 6.76. The molecule has 0 aliphatic rings. The van der Waals surface area contributed by atoms with E-state index >= 15 is 0 Å². The number of carboxylic acid groups (broad SMARTS) is 1. The number of aromatic nitrogens is 3. The number of aliphatic hydroxyl groups excluding tert-OH is 2. The number of oxazole rings is 2. The van der Waals surface area contributed by atoms with E-state index in [2.05, 4.69) is 30.3 Å². The lowest BCUT2D eigenvalue weighted by Crippen LogP contribution is -2.34. The zero-order valence-corrected chi connectivity index (χ0v) is 18.0. The number of pyridine rings is 1. The second kappa shape index (κ2) is 11.0. The van der Waals surface area contributed by atoms with E-state index in [0.717, 1.165) is 19.6 Å². The lowest BCUT2D eigenvalue weighted by atomic mass is 10.2. The lowest BCUT2D eigenvalue weighted by molar-refractivity contribution is 0.0592. The molecule has 0 bridgehead atoms. The molecule has 2 unspecified atom stereocenters. The first-order valence-electron chi connectivity index (χ1n) is 9.80. The van der Waals surface area contributed by atoms with E-state index in [0.29, 0.717) is 0 Å². The third kappa shape index (κ3) is 5.84. The van der Waals surface area contributed by atoms with Gasteiger partial charge in [-0.15, -0.1) is 0 Å².